The maximum absolute atomic E-state index is 12.3. The number of carbonyl (C=O) groups is 1. The Kier molecular flexibility index (Phi) is 7.63. The normalized spacial score (nSPS) is 15.8. The van der Waals surface area contributed by atoms with E-state index in [-0.39, 0.29) is 5.91 Å². The summed E-state index contributed by atoms with van der Waals surface area (Å²) in [5.74, 6) is 0.645. The Morgan fingerprint density at radius 1 is 1.35 bits per heavy atom. The molecule has 0 atom stereocenters. The first-order valence-corrected chi connectivity index (χ1v) is 9.02. The predicted octanol–water partition coefficient (Wildman–Crippen LogP) is 3.64. The standard InChI is InChI=1S/C17H25Cl2N3O/c1-2-9-22(11-13-5-7-20-8-6-13)12-17(23)21-16-4-3-14(18)10-15(16)19/h3-4,10,13,20H,2,5-9,11-12H2,1H3,(H,21,23). The highest BCUT2D eigenvalue weighted by molar-refractivity contribution is 6.36. The number of amides is 1. The average Bonchev–Trinajstić information content (AvgIpc) is 2.51. The van der Waals surface area contributed by atoms with E-state index in [4.69, 9.17) is 23.2 Å². The Morgan fingerprint density at radius 3 is 2.74 bits per heavy atom. The van der Waals surface area contributed by atoms with Crippen molar-refractivity contribution in [1.82, 2.24) is 10.2 Å². The molecular weight excluding hydrogens is 333 g/mol. The van der Waals surface area contributed by atoms with Crippen LogP contribution < -0.4 is 10.6 Å². The van der Waals surface area contributed by atoms with Gasteiger partial charge < -0.3 is 10.6 Å². The highest BCUT2D eigenvalue weighted by atomic mass is 35.5. The lowest BCUT2D eigenvalue weighted by atomic mass is 9.97. The van der Waals surface area contributed by atoms with Crippen molar-refractivity contribution in [2.75, 3.05) is 38.0 Å². The van der Waals surface area contributed by atoms with E-state index in [2.05, 4.69) is 22.5 Å². The van der Waals surface area contributed by atoms with Gasteiger partial charge in [-0.15, -0.1) is 0 Å². The molecule has 0 aliphatic carbocycles. The van der Waals surface area contributed by atoms with Crippen molar-refractivity contribution in [2.45, 2.75) is 26.2 Å². The first kappa shape index (κ1) is 18.5. The van der Waals surface area contributed by atoms with Gasteiger partial charge in [-0.1, -0.05) is 30.1 Å². The fourth-order valence-electron chi connectivity index (χ4n) is 2.96. The van der Waals surface area contributed by atoms with E-state index in [1.54, 1.807) is 18.2 Å². The summed E-state index contributed by atoms with van der Waals surface area (Å²) >= 11 is 12.0. The van der Waals surface area contributed by atoms with Crippen LogP contribution in [0.5, 0.6) is 0 Å². The summed E-state index contributed by atoms with van der Waals surface area (Å²) in [5, 5.41) is 7.29. The second kappa shape index (κ2) is 9.48. The summed E-state index contributed by atoms with van der Waals surface area (Å²) < 4.78 is 0. The zero-order valence-electron chi connectivity index (χ0n) is 13.6. The lowest BCUT2D eigenvalue weighted by Crippen LogP contribution is -2.40. The van der Waals surface area contributed by atoms with E-state index in [9.17, 15) is 4.79 Å². The highest BCUT2D eigenvalue weighted by Crippen LogP contribution is 2.25. The minimum atomic E-state index is -0.0309. The van der Waals surface area contributed by atoms with Gasteiger partial charge in [0.1, 0.15) is 0 Å². The maximum Gasteiger partial charge on any atom is 0.238 e. The van der Waals surface area contributed by atoms with E-state index in [0.29, 0.717) is 28.2 Å². The van der Waals surface area contributed by atoms with Gasteiger partial charge >= 0.3 is 0 Å². The summed E-state index contributed by atoms with van der Waals surface area (Å²) in [4.78, 5) is 14.6. The Labute approximate surface area is 148 Å². The zero-order chi connectivity index (χ0) is 16.7. The molecule has 1 fully saturated rings. The summed E-state index contributed by atoms with van der Waals surface area (Å²) in [7, 11) is 0. The smallest absolute Gasteiger partial charge is 0.238 e. The first-order valence-electron chi connectivity index (χ1n) is 8.26. The molecule has 128 valence electrons. The van der Waals surface area contributed by atoms with Gasteiger partial charge in [-0.3, -0.25) is 9.69 Å². The van der Waals surface area contributed by atoms with Crippen LogP contribution in [-0.2, 0) is 4.79 Å². The SMILES string of the molecule is CCCN(CC(=O)Nc1ccc(Cl)cc1Cl)CC1CCNCC1. The average molecular weight is 358 g/mol. The van der Waals surface area contributed by atoms with Crippen LogP contribution in [-0.4, -0.2) is 43.5 Å². The molecule has 2 N–H and O–H groups in total. The molecule has 1 aliphatic heterocycles. The molecule has 4 nitrogen and oxygen atoms in total. The molecule has 0 unspecified atom stereocenters. The van der Waals surface area contributed by atoms with Crippen LogP contribution >= 0.6 is 23.2 Å². The summed E-state index contributed by atoms with van der Waals surface area (Å²) in [6.07, 6.45) is 3.41. The predicted molar refractivity (Wildman–Crippen MR) is 97.4 cm³/mol. The molecule has 0 bridgehead atoms. The van der Waals surface area contributed by atoms with Crippen LogP contribution in [0, 0.1) is 5.92 Å². The van der Waals surface area contributed by atoms with Gasteiger partial charge in [-0.05, 0) is 63.0 Å². The number of halogens is 2. The third-order valence-electron chi connectivity index (χ3n) is 4.09. The number of nitrogens with zero attached hydrogens (tertiary/aromatic N) is 1. The molecule has 1 heterocycles. The fourth-order valence-corrected chi connectivity index (χ4v) is 3.42. The number of piperidine rings is 1. The van der Waals surface area contributed by atoms with Crippen molar-refractivity contribution in [3.8, 4) is 0 Å². The molecule has 0 saturated carbocycles. The molecule has 6 heteroatoms. The third-order valence-corrected chi connectivity index (χ3v) is 4.64. The lowest BCUT2D eigenvalue weighted by molar-refractivity contribution is -0.117. The molecular formula is C17H25Cl2N3O. The summed E-state index contributed by atoms with van der Waals surface area (Å²) in [6, 6.07) is 5.10. The van der Waals surface area contributed by atoms with Gasteiger partial charge in [0, 0.05) is 11.6 Å². The lowest BCUT2D eigenvalue weighted by Gasteiger charge is -2.29. The van der Waals surface area contributed by atoms with Crippen LogP contribution in [0.2, 0.25) is 10.0 Å². The van der Waals surface area contributed by atoms with E-state index < -0.39 is 0 Å². The molecule has 1 saturated heterocycles. The summed E-state index contributed by atoms with van der Waals surface area (Å²) in [5.41, 5.74) is 0.611. The zero-order valence-corrected chi connectivity index (χ0v) is 15.1. The largest absolute Gasteiger partial charge is 0.324 e. The van der Waals surface area contributed by atoms with Crippen LogP contribution in [0.4, 0.5) is 5.69 Å². The maximum atomic E-state index is 12.3. The first-order chi connectivity index (χ1) is 11.1. The number of rotatable bonds is 7. The second-order valence-electron chi connectivity index (χ2n) is 6.10. The minimum absolute atomic E-state index is 0.0309. The summed E-state index contributed by atoms with van der Waals surface area (Å²) in [6.45, 7) is 6.62. The van der Waals surface area contributed by atoms with Crippen molar-refractivity contribution in [1.29, 1.82) is 0 Å². The van der Waals surface area contributed by atoms with Crippen molar-refractivity contribution < 1.29 is 4.79 Å². The number of benzene rings is 1. The fraction of sp³-hybridized carbons (Fsp3) is 0.588. The quantitative estimate of drug-likeness (QED) is 0.782. The number of hydrogen-bond acceptors (Lipinski definition) is 3. The van der Waals surface area contributed by atoms with Crippen molar-refractivity contribution in [3.05, 3.63) is 28.2 Å². The minimum Gasteiger partial charge on any atom is -0.324 e. The van der Waals surface area contributed by atoms with Gasteiger partial charge in [0.25, 0.3) is 0 Å². The van der Waals surface area contributed by atoms with Crippen LogP contribution in [0.15, 0.2) is 18.2 Å². The second-order valence-corrected chi connectivity index (χ2v) is 6.94. The highest BCUT2D eigenvalue weighted by Gasteiger charge is 2.18. The van der Waals surface area contributed by atoms with Crippen molar-refractivity contribution in [2.24, 2.45) is 5.92 Å². The van der Waals surface area contributed by atoms with Gasteiger partial charge in [0.05, 0.1) is 17.3 Å². The topological polar surface area (TPSA) is 44.4 Å². The van der Waals surface area contributed by atoms with Gasteiger partial charge in [0.15, 0.2) is 0 Å². The molecule has 0 aromatic heterocycles. The number of hydrogen-bond donors (Lipinski definition) is 2. The van der Waals surface area contributed by atoms with E-state index in [1.165, 1.54) is 12.8 Å². The Bertz CT molecular complexity index is 519. The molecule has 0 spiro atoms. The number of carbonyl (C=O) groups excluding carboxylic acids is 1. The Hall–Kier alpha value is -0.810. The van der Waals surface area contributed by atoms with Crippen LogP contribution in [0.3, 0.4) is 0 Å². The van der Waals surface area contributed by atoms with Crippen LogP contribution in [0.1, 0.15) is 26.2 Å². The van der Waals surface area contributed by atoms with Gasteiger partial charge in [0.2, 0.25) is 5.91 Å². The molecule has 23 heavy (non-hydrogen) atoms. The molecule has 0 radical (unpaired) electrons. The van der Waals surface area contributed by atoms with E-state index >= 15 is 0 Å². The van der Waals surface area contributed by atoms with Crippen molar-refractivity contribution >= 4 is 34.8 Å². The third kappa shape index (κ3) is 6.30. The van der Waals surface area contributed by atoms with Gasteiger partial charge in [-0.25, -0.2) is 0 Å². The molecule has 1 aliphatic rings. The van der Waals surface area contributed by atoms with Crippen molar-refractivity contribution in [3.63, 3.8) is 0 Å². The van der Waals surface area contributed by atoms with E-state index in [0.717, 1.165) is 32.6 Å². The Morgan fingerprint density at radius 2 is 2.09 bits per heavy atom. The number of anilines is 1. The Balaban J connectivity index is 1.88. The monoisotopic (exact) mass is 357 g/mol. The van der Waals surface area contributed by atoms with E-state index in [1.807, 2.05) is 0 Å². The number of nitrogens with one attached hydrogen (secondary N) is 2. The molecule has 1 aromatic rings. The van der Waals surface area contributed by atoms with Crippen LogP contribution in [0.25, 0.3) is 0 Å². The molecule has 1 amide bonds. The van der Waals surface area contributed by atoms with Gasteiger partial charge in [-0.2, -0.15) is 0 Å². The molecule has 1 aromatic carbocycles. The molecule has 2 rings (SSSR count).